The maximum Gasteiger partial charge on any atom is 0.0594 e. The second kappa shape index (κ2) is 7.09. The van der Waals surface area contributed by atoms with Crippen molar-refractivity contribution in [3.8, 4) is 0 Å². The lowest BCUT2D eigenvalue weighted by Crippen LogP contribution is -2.68. The molecule has 2 N–H and O–H groups in total. The Kier molecular flexibility index (Phi) is 5.19. The minimum Gasteiger partial charge on any atom is -0.393 e. The van der Waals surface area contributed by atoms with Gasteiger partial charge in [0.05, 0.1) is 6.10 Å². The Balaban J connectivity index is 1.55. The van der Waals surface area contributed by atoms with Gasteiger partial charge >= 0.3 is 0 Å². The van der Waals surface area contributed by atoms with Crippen molar-refractivity contribution in [2.75, 3.05) is 7.05 Å². The molecule has 0 aromatic rings. The van der Waals surface area contributed by atoms with Crippen molar-refractivity contribution in [2.24, 2.45) is 51.2 Å². The summed E-state index contributed by atoms with van der Waals surface area (Å²) in [5, 5.41) is 14.8. The van der Waals surface area contributed by atoms with Crippen LogP contribution in [0, 0.1) is 51.2 Å². The Morgan fingerprint density at radius 1 is 0.812 bits per heavy atom. The van der Waals surface area contributed by atoms with Crippen LogP contribution >= 0.6 is 0 Å². The topological polar surface area (TPSA) is 32.3 Å². The molecule has 0 radical (unpaired) electrons. The number of hydrogen-bond acceptors (Lipinski definition) is 2. The molecule has 5 aliphatic carbocycles. The van der Waals surface area contributed by atoms with Gasteiger partial charge in [0.1, 0.15) is 0 Å². The maximum absolute atomic E-state index is 10.9. The third-order valence-electron chi connectivity index (χ3n) is 13.5. The highest BCUT2D eigenvalue weighted by molar-refractivity contribution is 5.23. The molecular formula is C30H51NO. The maximum atomic E-state index is 10.9. The van der Waals surface area contributed by atoms with Crippen LogP contribution in [-0.2, 0) is 0 Å². The van der Waals surface area contributed by atoms with Crippen LogP contribution in [0.5, 0.6) is 0 Å². The van der Waals surface area contributed by atoms with Gasteiger partial charge in [0.15, 0.2) is 0 Å². The number of aliphatic hydroxyl groups excluding tert-OH is 1. The Hall–Kier alpha value is -0.340. The Morgan fingerprint density at radius 2 is 1.53 bits per heavy atom. The van der Waals surface area contributed by atoms with Gasteiger partial charge in [-0.1, -0.05) is 46.8 Å². The summed E-state index contributed by atoms with van der Waals surface area (Å²) in [7, 11) is 2.24. The Morgan fingerprint density at radius 3 is 2.19 bits per heavy atom. The van der Waals surface area contributed by atoms with Gasteiger partial charge in [-0.2, -0.15) is 0 Å². The fraction of sp³-hybridized carbons (Fsp3) is 0.933. The number of rotatable bonds is 2. The largest absolute Gasteiger partial charge is 0.393 e. The molecule has 0 aliphatic heterocycles. The fourth-order valence-electron chi connectivity index (χ4n) is 11.6. The molecular weight excluding hydrogens is 390 g/mol. The van der Waals surface area contributed by atoms with Gasteiger partial charge in [-0.3, -0.25) is 0 Å². The van der Waals surface area contributed by atoms with Crippen molar-refractivity contribution >= 4 is 0 Å². The van der Waals surface area contributed by atoms with Gasteiger partial charge < -0.3 is 10.4 Å². The molecule has 0 aromatic heterocycles. The summed E-state index contributed by atoms with van der Waals surface area (Å²) >= 11 is 0. The lowest BCUT2D eigenvalue weighted by atomic mass is 9.32. The van der Waals surface area contributed by atoms with E-state index in [1.807, 2.05) is 0 Å². The molecule has 0 heterocycles. The highest BCUT2D eigenvalue weighted by atomic mass is 16.3. The van der Waals surface area contributed by atoms with Crippen LogP contribution in [0.25, 0.3) is 0 Å². The second-order valence-electron chi connectivity index (χ2n) is 14.5. The molecule has 2 heteroatoms. The summed E-state index contributed by atoms with van der Waals surface area (Å²) in [4.78, 5) is 0. The SMILES string of the molecule is C=C(C)[C@@H]1CC[C@]2(NC)CC[C@]3(C)C(CCC4[C@@]5(C)CC[C@H](O)C(C)(C)C5CC[C@]43C)C12. The van der Waals surface area contributed by atoms with Crippen molar-refractivity contribution in [2.45, 2.75) is 117 Å². The van der Waals surface area contributed by atoms with E-state index in [-0.39, 0.29) is 11.5 Å². The van der Waals surface area contributed by atoms with Crippen LogP contribution in [0.2, 0.25) is 0 Å². The van der Waals surface area contributed by atoms with Crippen LogP contribution < -0.4 is 5.32 Å². The fourth-order valence-corrected chi connectivity index (χ4v) is 11.6. The minimum absolute atomic E-state index is 0.0520. The van der Waals surface area contributed by atoms with E-state index in [4.69, 9.17) is 0 Å². The molecule has 0 spiro atoms. The van der Waals surface area contributed by atoms with Crippen LogP contribution in [0.3, 0.4) is 0 Å². The number of nitrogens with one attached hydrogen (secondary N) is 1. The number of aliphatic hydroxyl groups is 1. The predicted octanol–water partition coefficient (Wildman–Crippen LogP) is 6.98. The monoisotopic (exact) mass is 441 g/mol. The molecule has 0 bridgehead atoms. The van der Waals surface area contributed by atoms with Gasteiger partial charge in [-0.05, 0) is 129 Å². The van der Waals surface area contributed by atoms with E-state index in [0.717, 1.165) is 24.2 Å². The Bertz CT molecular complexity index is 788. The molecule has 10 atom stereocenters. The first-order valence-corrected chi connectivity index (χ1v) is 13.9. The van der Waals surface area contributed by atoms with E-state index in [1.165, 1.54) is 63.4 Å². The third-order valence-corrected chi connectivity index (χ3v) is 13.5. The first-order chi connectivity index (χ1) is 14.9. The third kappa shape index (κ3) is 2.66. The van der Waals surface area contributed by atoms with Crippen molar-refractivity contribution < 1.29 is 5.11 Å². The van der Waals surface area contributed by atoms with Crippen LogP contribution in [-0.4, -0.2) is 23.8 Å². The molecule has 5 rings (SSSR count). The standard InChI is InChI=1S/C30H51NO/c1-19(2)20-11-16-30(31-8)18-17-28(6)21(25(20)30)9-10-23-27(5)14-13-24(32)26(3,4)22(27)12-15-29(23,28)7/h20-25,31-32H,1,9-18H2,2-8H3/t20-,21?,22?,23?,24-,25?,27-,28+,29+,30-/m0/s1. The highest BCUT2D eigenvalue weighted by Gasteiger charge is 2.70. The average Bonchev–Trinajstić information content (AvgIpc) is 3.12. The van der Waals surface area contributed by atoms with Gasteiger partial charge in [-0.15, -0.1) is 0 Å². The minimum atomic E-state index is -0.127. The predicted molar refractivity (Wildman–Crippen MR) is 134 cm³/mol. The van der Waals surface area contributed by atoms with Crippen molar-refractivity contribution in [3.05, 3.63) is 12.2 Å². The number of hydrogen-bond donors (Lipinski definition) is 2. The van der Waals surface area contributed by atoms with E-state index < -0.39 is 0 Å². The van der Waals surface area contributed by atoms with E-state index in [2.05, 4.69) is 60.5 Å². The summed E-state index contributed by atoms with van der Waals surface area (Å²) in [6, 6.07) is 0. The first-order valence-electron chi connectivity index (χ1n) is 13.9. The van der Waals surface area contributed by atoms with Gasteiger partial charge in [0.2, 0.25) is 0 Å². The van der Waals surface area contributed by atoms with Crippen molar-refractivity contribution in [1.29, 1.82) is 0 Å². The Labute approximate surface area is 198 Å². The summed E-state index contributed by atoms with van der Waals surface area (Å²) in [5.74, 6) is 3.73. The first kappa shape index (κ1) is 23.4. The lowest BCUT2D eigenvalue weighted by Gasteiger charge is -2.73. The van der Waals surface area contributed by atoms with Gasteiger partial charge in [-0.25, -0.2) is 0 Å². The number of allylic oxidation sites excluding steroid dienone is 1. The summed E-state index contributed by atoms with van der Waals surface area (Å²) in [5.41, 5.74) is 3.05. The molecule has 0 aromatic carbocycles. The van der Waals surface area contributed by atoms with Gasteiger partial charge in [0, 0.05) is 5.54 Å². The zero-order valence-corrected chi connectivity index (χ0v) is 22.2. The molecule has 0 saturated heterocycles. The highest BCUT2D eigenvalue weighted by Crippen LogP contribution is 2.76. The van der Waals surface area contributed by atoms with Crippen molar-refractivity contribution in [3.63, 3.8) is 0 Å². The molecule has 4 unspecified atom stereocenters. The molecule has 32 heavy (non-hydrogen) atoms. The summed E-state index contributed by atoms with van der Waals surface area (Å²) < 4.78 is 0. The van der Waals surface area contributed by atoms with Crippen LogP contribution in [0.15, 0.2) is 12.2 Å². The van der Waals surface area contributed by atoms with E-state index >= 15 is 0 Å². The van der Waals surface area contributed by atoms with E-state index in [0.29, 0.717) is 33.6 Å². The van der Waals surface area contributed by atoms with E-state index in [1.54, 1.807) is 0 Å². The van der Waals surface area contributed by atoms with Crippen LogP contribution in [0.1, 0.15) is 106 Å². The molecule has 5 aliphatic rings. The summed E-state index contributed by atoms with van der Waals surface area (Å²) in [6.45, 7) is 19.6. The quantitative estimate of drug-likeness (QED) is 0.453. The second-order valence-corrected chi connectivity index (χ2v) is 14.5. The average molecular weight is 442 g/mol. The van der Waals surface area contributed by atoms with Crippen molar-refractivity contribution in [1.82, 2.24) is 5.32 Å². The zero-order valence-electron chi connectivity index (χ0n) is 22.2. The molecule has 5 saturated carbocycles. The molecule has 2 nitrogen and oxygen atoms in total. The zero-order chi connectivity index (χ0) is 23.3. The normalized spacial score (nSPS) is 56.5. The molecule has 5 fully saturated rings. The smallest absolute Gasteiger partial charge is 0.0594 e. The van der Waals surface area contributed by atoms with E-state index in [9.17, 15) is 5.11 Å². The molecule has 0 amide bonds. The lowest BCUT2D eigenvalue weighted by molar-refractivity contribution is -0.243. The summed E-state index contributed by atoms with van der Waals surface area (Å²) in [6.07, 6.45) is 13.0. The van der Waals surface area contributed by atoms with Crippen LogP contribution in [0.4, 0.5) is 0 Å². The number of fused-ring (bicyclic) bond motifs is 7. The molecule has 182 valence electrons. The van der Waals surface area contributed by atoms with Gasteiger partial charge in [0.25, 0.3) is 0 Å².